The predicted octanol–water partition coefficient (Wildman–Crippen LogP) is 4.95. The van der Waals surface area contributed by atoms with Gasteiger partial charge in [-0.3, -0.25) is 14.7 Å². The fourth-order valence-corrected chi connectivity index (χ4v) is 5.58. The number of benzene rings is 2. The summed E-state index contributed by atoms with van der Waals surface area (Å²) < 4.78 is 0. The van der Waals surface area contributed by atoms with E-state index < -0.39 is 0 Å². The van der Waals surface area contributed by atoms with Crippen molar-refractivity contribution in [1.82, 2.24) is 20.8 Å². The van der Waals surface area contributed by atoms with Gasteiger partial charge in [-0.2, -0.15) is 5.10 Å². The molecule has 2 aromatic carbocycles. The van der Waals surface area contributed by atoms with Crippen LogP contribution in [-0.4, -0.2) is 47.2 Å². The molecule has 0 bridgehead atoms. The highest BCUT2D eigenvalue weighted by molar-refractivity contribution is 7.10. The molecule has 2 amide bonds. The van der Waals surface area contributed by atoms with Gasteiger partial charge in [-0.15, -0.1) is 11.3 Å². The number of anilines is 2. The number of fused-ring (bicyclic) bond motifs is 1. The van der Waals surface area contributed by atoms with Crippen LogP contribution in [0.2, 0.25) is 0 Å². The average molecular weight is 517 g/mol. The Morgan fingerprint density at radius 2 is 1.89 bits per heavy atom. The molecule has 1 atom stereocenters. The number of aromatic nitrogens is 2. The molecule has 1 saturated heterocycles. The van der Waals surface area contributed by atoms with Gasteiger partial charge in [-0.05, 0) is 74.2 Å². The van der Waals surface area contributed by atoms with E-state index in [1.165, 1.54) is 0 Å². The van der Waals surface area contributed by atoms with E-state index >= 15 is 0 Å². The average Bonchev–Trinajstić information content (AvgIpc) is 3.57. The van der Waals surface area contributed by atoms with Gasteiger partial charge in [0, 0.05) is 52.3 Å². The molecule has 0 saturated carbocycles. The van der Waals surface area contributed by atoms with E-state index in [1.54, 1.807) is 23.5 Å². The molecule has 4 aromatic rings. The molecular weight excluding hydrogens is 484 g/mol. The van der Waals surface area contributed by atoms with Crippen molar-refractivity contribution in [3.63, 3.8) is 0 Å². The number of hydrogen-bond acceptors (Lipinski definition) is 6. The lowest BCUT2D eigenvalue weighted by atomic mass is 10.0. The largest absolute Gasteiger partial charge is 0.368 e. The Kier molecular flexibility index (Phi) is 6.99. The van der Waals surface area contributed by atoms with E-state index in [9.17, 15) is 9.59 Å². The van der Waals surface area contributed by atoms with Crippen LogP contribution in [0.15, 0.2) is 60.0 Å². The summed E-state index contributed by atoms with van der Waals surface area (Å²) in [4.78, 5) is 29.5. The van der Waals surface area contributed by atoms with Crippen molar-refractivity contribution < 1.29 is 9.59 Å². The number of aromatic amines is 1. The van der Waals surface area contributed by atoms with Crippen molar-refractivity contribution in [2.24, 2.45) is 0 Å². The fourth-order valence-electron chi connectivity index (χ4n) is 4.72. The molecule has 37 heavy (non-hydrogen) atoms. The monoisotopic (exact) mass is 516 g/mol. The maximum atomic E-state index is 13.0. The van der Waals surface area contributed by atoms with Gasteiger partial charge in [-0.1, -0.05) is 13.0 Å². The lowest BCUT2D eigenvalue weighted by molar-refractivity contribution is 0.0935. The standard InChI is InChI=1S/C28H32N6O2S/c1-4-22(24-6-5-15-37-24)30-27(36)19-9-12-23-21(16-19)25(33-32-23)31-26(35)18-7-10-20(11-8-18)34-14-13-29-28(2,3)17-34/h5-12,15-16,22,29H,4,13-14,17H2,1-3H3,(H,30,36)(H2,31,32,33,35). The number of amides is 2. The zero-order valence-corrected chi connectivity index (χ0v) is 22.1. The van der Waals surface area contributed by atoms with Gasteiger partial charge in [0.1, 0.15) is 0 Å². The third-order valence-electron chi connectivity index (χ3n) is 6.72. The van der Waals surface area contributed by atoms with E-state index in [2.05, 4.69) is 51.8 Å². The second kappa shape index (κ2) is 10.4. The Balaban J connectivity index is 1.29. The Labute approximate surface area is 220 Å². The van der Waals surface area contributed by atoms with E-state index in [4.69, 9.17) is 0 Å². The van der Waals surface area contributed by atoms with Crippen LogP contribution in [0.1, 0.15) is 58.8 Å². The molecular formula is C28H32N6O2S. The van der Waals surface area contributed by atoms with Gasteiger partial charge in [0.05, 0.1) is 11.6 Å². The predicted molar refractivity (Wildman–Crippen MR) is 150 cm³/mol. The van der Waals surface area contributed by atoms with Crippen LogP contribution >= 0.6 is 11.3 Å². The minimum Gasteiger partial charge on any atom is -0.368 e. The zero-order chi connectivity index (χ0) is 26.0. The van der Waals surface area contributed by atoms with Crippen LogP contribution < -0.4 is 20.9 Å². The molecule has 8 nitrogen and oxygen atoms in total. The number of nitrogens with one attached hydrogen (secondary N) is 4. The minimum atomic E-state index is -0.251. The third kappa shape index (κ3) is 5.52. The first kappa shape index (κ1) is 25.0. The number of carbonyl (C=O) groups is 2. The molecule has 1 fully saturated rings. The van der Waals surface area contributed by atoms with Crippen LogP contribution in [0.3, 0.4) is 0 Å². The van der Waals surface area contributed by atoms with E-state index in [0.717, 1.165) is 42.1 Å². The van der Waals surface area contributed by atoms with Crippen LogP contribution in [-0.2, 0) is 0 Å². The Bertz CT molecular complexity index is 1390. The first-order valence-electron chi connectivity index (χ1n) is 12.6. The summed E-state index contributed by atoms with van der Waals surface area (Å²) in [6, 6.07) is 17.0. The molecule has 2 aromatic heterocycles. The van der Waals surface area contributed by atoms with Crippen molar-refractivity contribution in [1.29, 1.82) is 0 Å². The van der Waals surface area contributed by atoms with Crippen molar-refractivity contribution in [2.75, 3.05) is 29.9 Å². The summed E-state index contributed by atoms with van der Waals surface area (Å²) in [7, 11) is 0. The summed E-state index contributed by atoms with van der Waals surface area (Å²) in [5, 5.41) is 19.4. The Hall–Kier alpha value is -3.69. The molecule has 0 aliphatic carbocycles. The molecule has 1 aliphatic rings. The quantitative estimate of drug-likeness (QED) is 0.279. The Morgan fingerprint density at radius 1 is 1.11 bits per heavy atom. The number of carbonyl (C=O) groups excluding carboxylic acids is 2. The van der Waals surface area contributed by atoms with Crippen molar-refractivity contribution in [3.05, 3.63) is 76.0 Å². The molecule has 5 rings (SSSR count). The van der Waals surface area contributed by atoms with Crippen molar-refractivity contribution in [3.8, 4) is 0 Å². The van der Waals surface area contributed by atoms with Crippen LogP contribution in [0, 0.1) is 0 Å². The van der Waals surface area contributed by atoms with Crippen molar-refractivity contribution >= 4 is 45.6 Å². The molecule has 0 radical (unpaired) electrons. The van der Waals surface area contributed by atoms with Gasteiger partial charge >= 0.3 is 0 Å². The first-order valence-corrected chi connectivity index (χ1v) is 13.4. The molecule has 192 valence electrons. The number of nitrogens with zero attached hydrogens (tertiary/aromatic N) is 2. The highest BCUT2D eigenvalue weighted by Crippen LogP contribution is 2.26. The second-order valence-corrected chi connectivity index (χ2v) is 11.0. The maximum Gasteiger partial charge on any atom is 0.256 e. The summed E-state index contributed by atoms with van der Waals surface area (Å²) in [6.45, 7) is 9.19. The summed E-state index contributed by atoms with van der Waals surface area (Å²) >= 11 is 1.63. The molecule has 1 unspecified atom stereocenters. The fraction of sp³-hybridized carbons (Fsp3) is 0.321. The van der Waals surface area contributed by atoms with Crippen LogP contribution in [0.25, 0.3) is 10.9 Å². The number of rotatable bonds is 7. The number of H-pyrrole nitrogens is 1. The van der Waals surface area contributed by atoms with Crippen LogP contribution in [0.4, 0.5) is 11.5 Å². The molecule has 4 N–H and O–H groups in total. The van der Waals surface area contributed by atoms with E-state index in [0.29, 0.717) is 22.3 Å². The van der Waals surface area contributed by atoms with Crippen LogP contribution in [0.5, 0.6) is 0 Å². The normalized spacial score (nSPS) is 15.9. The van der Waals surface area contributed by atoms with Gasteiger partial charge in [-0.25, -0.2) is 0 Å². The first-order chi connectivity index (χ1) is 17.8. The van der Waals surface area contributed by atoms with Gasteiger partial charge in [0.2, 0.25) is 0 Å². The summed E-state index contributed by atoms with van der Waals surface area (Å²) in [6.07, 6.45) is 0.798. The Morgan fingerprint density at radius 3 is 2.59 bits per heavy atom. The molecule has 9 heteroatoms. The zero-order valence-electron chi connectivity index (χ0n) is 21.3. The summed E-state index contributed by atoms with van der Waals surface area (Å²) in [5.41, 5.74) is 2.95. The molecule has 0 spiro atoms. The van der Waals surface area contributed by atoms with Gasteiger partial charge in [0.25, 0.3) is 11.8 Å². The van der Waals surface area contributed by atoms with Crippen molar-refractivity contribution in [2.45, 2.75) is 38.8 Å². The SMILES string of the molecule is CCC(NC(=O)c1ccc2[nH]nc(NC(=O)c3ccc(N4CCNC(C)(C)C4)cc3)c2c1)c1cccs1. The number of hydrogen-bond donors (Lipinski definition) is 4. The lowest BCUT2D eigenvalue weighted by Gasteiger charge is -2.40. The number of piperazine rings is 1. The maximum absolute atomic E-state index is 13.0. The highest BCUT2D eigenvalue weighted by Gasteiger charge is 2.26. The van der Waals surface area contributed by atoms with E-state index in [1.807, 2.05) is 47.8 Å². The molecule has 3 heterocycles. The van der Waals surface area contributed by atoms with Gasteiger partial charge in [0.15, 0.2) is 5.82 Å². The topological polar surface area (TPSA) is 102 Å². The van der Waals surface area contributed by atoms with Gasteiger partial charge < -0.3 is 20.9 Å². The van der Waals surface area contributed by atoms with E-state index in [-0.39, 0.29) is 23.4 Å². The third-order valence-corrected chi connectivity index (χ3v) is 7.71. The lowest BCUT2D eigenvalue weighted by Crippen LogP contribution is -2.57. The minimum absolute atomic E-state index is 0.0398. The summed E-state index contributed by atoms with van der Waals surface area (Å²) in [5.74, 6) is -0.0145. The number of thiophene rings is 1. The molecule has 1 aliphatic heterocycles. The second-order valence-electron chi connectivity index (χ2n) is 10.0. The highest BCUT2D eigenvalue weighted by atomic mass is 32.1. The smallest absolute Gasteiger partial charge is 0.256 e.